The monoisotopic (exact) mass is 298 g/mol. The predicted molar refractivity (Wildman–Crippen MR) is 78.1 cm³/mol. The van der Waals surface area contributed by atoms with Crippen molar-refractivity contribution < 1.29 is 19.4 Å². The fourth-order valence-electron chi connectivity index (χ4n) is 3.10. The molecule has 2 aliphatic rings. The number of hydrogen-bond donors (Lipinski definition) is 1. The van der Waals surface area contributed by atoms with Gasteiger partial charge in [-0.2, -0.15) is 0 Å². The molecule has 0 radical (unpaired) electrons. The van der Waals surface area contributed by atoms with Crippen LogP contribution in [0.4, 0.5) is 0 Å². The number of piperidine rings is 1. The van der Waals surface area contributed by atoms with Crippen LogP contribution < -0.4 is 0 Å². The van der Waals surface area contributed by atoms with Crippen molar-refractivity contribution in [2.45, 2.75) is 51.1 Å². The minimum absolute atomic E-state index is 0.0484. The number of carbonyl (C=O) groups is 2. The fourth-order valence-corrected chi connectivity index (χ4v) is 3.10. The quantitative estimate of drug-likeness (QED) is 0.722. The Kier molecular flexibility index (Phi) is 5.99. The lowest BCUT2D eigenvalue weighted by atomic mass is 10.0. The summed E-state index contributed by atoms with van der Waals surface area (Å²) in [6.45, 7) is 4.89. The zero-order valence-electron chi connectivity index (χ0n) is 12.8. The van der Waals surface area contributed by atoms with Crippen LogP contribution in [0.5, 0.6) is 0 Å². The summed E-state index contributed by atoms with van der Waals surface area (Å²) in [6, 6.07) is 0.653. The Labute approximate surface area is 126 Å². The number of aliphatic carboxylic acids is 1. The van der Waals surface area contributed by atoms with Gasteiger partial charge in [-0.3, -0.25) is 4.79 Å². The van der Waals surface area contributed by atoms with Gasteiger partial charge in [0.25, 0.3) is 0 Å². The van der Waals surface area contributed by atoms with Gasteiger partial charge in [0.2, 0.25) is 5.91 Å². The number of ether oxygens (including phenoxy) is 1. The van der Waals surface area contributed by atoms with E-state index in [9.17, 15) is 9.59 Å². The second-order valence-electron chi connectivity index (χ2n) is 5.99. The number of carboxylic acids is 1. The van der Waals surface area contributed by atoms with Gasteiger partial charge in [0.05, 0.1) is 0 Å². The van der Waals surface area contributed by atoms with E-state index in [4.69, 9.17) is 9.84 Å². The van der Waals surface area contributed by atoms with Crippen LogP contribution in [0.3, 0.4) is 0 Å². The molecule has 2 rings (SSSR count). The summed E-state index contributed by atoms with van der Waals surface area (Å²) in [5, 5.41) is 8.56. The van der Waals surface area contributed by atoms with Crippen molar-refractivity contribution in [3.05, 3.63) is 0 Å². The van der Waals surface area contributed by atoms with Crippen molar-refractivity contribution in [1.82, 2.24) is 9.80 Å². The normalized spacial score (nSPS) is 20.4. The molecule has 0 bridgehead atoms. The number of rotatable bonds is 8. The minimum Gasteiger partial charge on any atom is -0.480 e. The first-order valence-corrected chi connectivity index (χ1v) is 7.95. The maximum absolute atomic E-state index is 12.3. The van der Waals surface area contributed by atoms with Crippen LogP contribution in [-0.4, -0.2) is 71.7 Å². The molecule has 1 aliphatic heterocycles. The van der Waals surface area contributed by atoms with Crippen LogP contribution in [0.25, 0.3) is 0 Å². The molecule has 1 N–H and O–H groups in total. The summed E-state index contributed by atoms with van der Waals surface area (Å²) in [7, 11) is 0. The summed E-state index contributed by atoms with van der Waals surface area (Å²) in [6.07, 6.45) is 5.33. The second-order valence-corrected chi connectivity index (χ2v) is 5.99. The van der Waals surface area contributed by atoms with Gasteiger partial charge >= 0.3 is 5.97 Å². The predicted octanol–water partition coefficient (Wildman–Crippen LogP) is 0.953. The molecule has 120 valence electrons. The van der Waals surface area contributed by atoms with Gasteiger partial charge in [-0.05, 0) is 38.6 Å². The molecular formula is C15H26N2O4. The number of likely N-dealkylation sites (tertiary alicyclic amines) is 1. The van der Waals surface area contributed by atoms with Crippen LogP contribution in [0, 0.1) is 0 Å². The number of carboxylic acid groups (broad SMARTS) is 1. The van der Waals surface area contributed by atoms with Crippen molar-refractivity contribution in [3.63, 3.8) is 0 Å². The highest BCUT2D eigenvalue weighted by Gasteiger charge is 2.38. The SMILES string of the molecule is CCCN1CCC(N(C(=O)COCC(=O)O)C2CC2)CC1. The van der Waals surface area contributed by atoms with Gasteiger partial charge in [0.15, 0.2) is 0 Å². The third-order valence-electron chi connectivity index (χ3n) is 4.17. The Balaban J connectivity index is 1.82. The Bertz CT molecular complexity index is 363. The molecule has 0 spiro atoms. The van der Waals surface area contributed by atoms with Gasteiger partial charge in [0, 0.05) is 25.2 Å². The van der Waals surface area contributed by atoms with Crippen molar-refractivity contribution in [3.8, 4) is 0 Å². The molecule has 0 unspecified atom stereocenters. The number of carbonyl (C=O) groups excluding carboxylic acids is 1. The number of nitrogens with zero attached hydrogens (tertiary/aromatic N) is 2. The van der Waals surface area contributed by atoms with Gasteiger partial charge in [-0.25, -0.2) is 4.79 Å². The van der Waals surface area contributed by atoms with Crippen molar-refractivity contribution in [2.75, 3.05) is 32.8 Å². The molecule has 0 aromatic carbocycles. The first kappa shape index (κ1) is 16.2. The van der Waals surface area contributed by atoms with E-state index < -0.39 is 12.6 Å². The summed E-state index contributed by atoms with van der Waals surface area (Å²) in [4.78, 5) is 27.2. The highest BCUT2D eigenvalue weighted by molar-refractivity contribution is 5.79. The molecule has 1 aliphatic carbocycles. The molecule has 1 saturated heterocycles. The van der Waals surface area contributed by atoms with Gasteiger partial charge in [0.1, 0.15) is 13.2 Å². The van der Waals surface area contributed by atoms with Gasteiger partial charge in [-0.1, -0.05) is 6.92 Å². The lowest BCUT2D eigenvalue weighted by Crippen LogP contribution is -2.49. The highest BCUT2D eigenvalue weighted by atomic mass is 16.5. The molecule has 1 amide bonds. The molecule has 2 fully saturated rings. The molecule has 1 saturated carbocycles. The van der Waals surface area contributed by atoms with Crippen LogP contribution in [0.1, 0.15) is 39.0 Å². The summed E-state index contributed by atoms with van der Waals surface area (Å²) < 4.78 is 4.97. The largest absolute Gasteiger partial charge is 0.480 e. The zero-order chi connectivity index (χ0) is 15.2. The van der Waals surface area contributed by atoms with Crippen molar-refractivity contribution in [2.24, 2.45) is 0 Å². The summed E-state index contributed by atoms with van der Waals surface area (Å²) in [5.41, 5.74) is 0. The van der Waals surface area contributed by atoms with E-state index in [1.54, 1.807) is 0 Å². The Hall–Kier alpha value is -1.14. The molecule has 0 atom stereocenters. The van der Waals surface area contributed by atoms with Crippen LogP contribution >= 0.6 is 0 Å². The Morgan fingerprint density at radius 1 is 1.14 bits per heavy atom. The molecule has 1 heterocycles. The van der Waals surface area contributed by atoms with E-state index in [2.05, 4.69) is 11.8 Å². The fraction of sp³-hybridized carbons (Fsp3) is 0.867. The standard InChI is InChI=1S/C15H26N2O4/c1-2-7-16-8-5-13(6-9-16)17(12-3-4-12)14(18)10-21-11-15(19)20/h12-13H,2-11H2,1H3,(H,19,20). The van der Waals surface area contributed by atoms with E-state index in [0.717, 1.165) is 45.3 Å². The summed E-state index contributed by atoms with van der Waals surface area (Å²) in [5.74, 6) is -1.08. The van der Waals surface area contributed by atoms with Gasteiger partial charge < -0.3 is 19.6 Å². The second kappa shape index (κ2) is 7.75. The number of hydrogen-bond acceptors (Lipinski definition) is 4. The molecule has 0 aromatic rings. The minimum atomic E-state index is -1.03. The first-order chi connectivity index (χ1) is 10.1. The maximum atomic E-state index is 12.3. The Morgan fingerprint density at radius 3 is 2.29 bits per heavy atom. The zero-order valence-corrected chi connectivity index (χ0v) is 12.8. The molecule has 21 heavy (non-hydrogen) atoms. The van der Waals surface area contributed by atoms with Crippen molar-refractivity contribution >= 4 is 11.9 Å². The maximum Gasteiger partial charge on any atom is 0.329 e. The topological polar surface area (TPSA) is 70.1 Å². The van der Waals surface area contributed by atoms with Crippen molar-refractivity contribution in [1.29, 1.82) is 0 Å². The summed E-state index contributed by atoms with van der Waals surface area (Å²) >= 11 is 0. The van der Waals surface area contributed by atoms with Crippen LogP contribution in [0.15, 0.2) is 0 Å². The lowest BCUT2D eigenvalue weighted by Gasteiger charge is -2.38. The smallest absolute Gasteiger partial charge is 0.329 e. The van der Waals surface area contributed by atoms with Gasteiger partial charge in [-0.15, -0.1) is 0 Å². The van der Waals surface area contributed by atoms with E-state index in [-0.39, 0.29) is 12.5 Å². The third-order valence-corrected chi connectivity index (χ3v) is 4.17. The average Bonchev–Trinajstić information content (AvgIpc) is 3.25. The number of amides is 1. The first-order valence-electron chi connectivity index (χ1n) is 7.95. The van der Waals surface area contributed by atoms with E-state index >= 15 is 0 Å². The van der Waals surface area contributed by atoms with E-state index in [0.29, 0.717) is 12.1 Å². The molecule has 6 heteroatoms. The van der Waals surface area contributed by atoms with E-state index in [1.165, 1.54) is 6.42 Å². The molecule has 0 aromatic heterocycles. The van der Waals surface area contributed by atoms with Crippen LogP contribution in [0.2, 0.25) is 0 Å². The van der Waals surface area contributed by atoms with E-state index in [1.807, 2.05) is 4.90 Å². The Morgan fingerprint density at radius 2 is 1.76 bits per heavy atom. The van der Waals surface area contributed by atoms with Crippen LogP contribution in [-0.2, 0) is 14.3 Å². The molecule has 6 nitrogen and oxygen atoms in total. The average molecular weight is 298 g/mol. The molecular weight excluding hydrogens is 272 g/mol. The lowest BCUT2D eigenvalue weighted by molar-refractivity contribution is -0.147. The third kappa shape index (κ3) is 4.97. The highest BCUT2D eigenvalue weighted by Crippen LogP contribution is 2.32.